The number of rotatable bonds is 5. The van der Waals surface area contributed by atoms with Gasteiger partial charge in [0.05, 0.1) is 7.14 Å². The summed E-state index contributed by atoms with van der Waals surface area (Å²) in [6.07, 6.45) is 3.53. The molecule has 0 fully saturated rings. The van der Waals surface area contributed by atoms with E-state index in [1.54, 1.807) is 0 Å². The Morgan fingerprint density at radius 3 is 2.56 bits per heavy atom. The fraction of sp³-hybridized carbons (Fsp3) is 0.467. The average Bonchev–Trinajstić information content (AvgIpc) is 2.67. The van der Waals surface area contributed by atoms with Gasteiger partial charge in [0.15, 0.2) is 0 Å². The molecule has 18 heavy (non-hydrogen) atoms. The summed E-state index contributed by atoms with van der Waals surface area (Å²) in [7, 11) is -1.99. The highest BCUT2D eigenvalue weighted by Crippen LogP contribution is 2.51. The first-order chi connectivity index (χ1) is 8.59. The average molecular weight is 280 g/mol. The van der Waals surface area contributed by atoms with E-state index in [4.69, 9.17) is 0 Å². The topological polar surface area (TPSA) is 17.1 Å². The number of fused-ring (bicyclic) bond motifs is 1. The lowest BCUT2D eigenvalue weighted by Gasteiger charge is -2.14. The molecule has 0 aliphatic heterocycles. The van der Waals surface area contributed by atoms with Crippen LogP contribution in [0.25, 0.3) is 10.1 Å². The van der Waals surface area contributed by atoms with Crippen molar-refractivity contribution >= 4 is 28.6 Å². The van der Waals surface area contributed by atoms with E-state index in [9.17, 15) is 4.57 Å². The maximum atomic E-state index is 12.8. The molecule has 1 aromatic heterocycles. The van der Waals surface area contributed by atoms with Gasteiger partial charge < -0.3 is 4.57 Å². The normalized spacial score (nSPS) is 14.8. The van der Waals surface area contributed by atoms with Crippen LogP contribution < -0.4 is 0 Å². The zero-order chi connectivity index (χ0) is 13.2. The van der Waals surface area contributed by atoms with E-state index in [2.05, 4.69) is 45.0 Å². The van der Waals surface area contributed by atoms with Crippen molar-refractivity contribution in [2.45, 2.75) is 33.4 Å². The van der Waals surface area contributed by atoms with Crippen molar-refractivity contribution in [1.82, 2.24) is 0 Å². The second-order valence-corrected chi connectivity index (χ2v) is 9.55. The summed E-state index contributed by atoms with van der Waals surface area (Å²) in [5.74, 6) is 0. The second-order valence-electron chi connectivity index (χ2n) is 4.90. The summed E-state index contributed by atoms with van der Waals surface area (Å²) in [6.45, 7) is 6.36. The molecule has 1 nitrogen and oxygen atoms in total. The lowest BCUT2D eigenvalue weighted by Crippen LogP contribution is -1.95. The minimum absolute atomic E-state index is 0.794. The minimum Gasteiger partial charge on any atom is -0.323 e. The molecule has 0 aliphatic rings. The van der Waals surface area contributed by atoms with Gasteiger partial charge >= 0.3 is 0 Å². The molecule has 1 unspecified atom stereocenters. The Labute approximate surface area is 114 Å². The van der Waals surface area contributed by atoms with Crippen LogP contribution in [-0.2, 0) is 10.7 Å². The molecule has 0 spiro atoms. The Bertz CT molecular complexity index is 585. The highest BCUT2D eigenvalue weighted by atomic mass is 32.1. The summed E-state index contributed by atoms with van der Waals surface area (Å²) in [6, 6.07) is 8.49. The molecule has 2 rings (SSSR count). The first kappa shape index (κ1) is 13.8. The first-order valence-electron chi connectivity index (χ1n) is 6.63. The van der Waals surface area contributed by atoms with Gasteiger partial charge in [-0.25, -0.2) is 0 Å². The number of benzene rings is 1. The van der Waals surface area contributed by atoms with E-state index in [0.29, 0.717) is 0 Å². The van der Waals surface area contributed by atoms with Gasteiger partial charge in [0.2, 0.25) is 0 Å². The Balaban J connectivity index is 2.37. The Kier molecular flexibility index (Phi) is 4.29. The maximum absolute atomic E-state index is 12.8. The van der Waals surface area contributed by atoms with Crippen molar-refractivity contribution in [2.24, 2.45) is 0 Å². The third kappa shape index (κ3) is 2.70. The molecule has 0 saturated carbocycles. The van der Waals surface area contributed by atoms with Gasteiger partial charge in [-0.05, 0) is 36.5 Å². The fourth-order valence-corrected chi connectivity index (χ4v) is 6.64. The Morgan fingerprint density at radius 1 is 1.22 bits per heavy atom. The monoisotopic (exact) mass is 280 g/mol. The van der Waals surface area contributed by atoms with Gasteiger partial charge in [-0.2, -0.15) is 0 Å². The first-order valence-corrected chi connectivity index (χ1v) is 9.71. The molecular formula is C15H21OPS. The Hall–Kier alpha value is -0.590. The molecule has 0 radical (unpaired) electrons. The van der Waals surface area contributed by atoms with E-state index < -0.39 is 7.14 Å². The predicted molar refractivity (Wildman–Crippen MR) is 83.6 cm³/mol. The van der Waals surface area contributed by atoms with Crippen LogP contribution in [0.3, 0.4) is 0 Å². The van der Waals surface area contributed by atoms with Gasteiger partial charge in [-0.1, -0.05) is 32.0 Å². The van der Waals surface area contributed by atoms with Crippen molar-refractivity contribution in [1.29, 1.82) is 0 Å². The SMILES string of the molecule is CCCP(=O)(CC)Cc1sc2ccccc2c1C. The molecule has 0 amide bonds. The quantitative estimate of drug-likeness (QED) is 0.661. The van der Waals surface area contributed by atoms with Crippen molar-refractivity contribution < 1.29 is 4.57 Å². The van der Waals surface area contributed by atoms with Crippen LogP contribution in [0.15, 0.2) is 24.3 Å². The molecule has 0 bridgehead atoms. The van der Waals surface area contributed by atoms with Crippen LogP contribution in [-0.4, -0.2) is 12.3 Å². The third-order valence-corrected chi connectivity index (χ3v) is 8.38. The molecule has 0 saturated heterocycles. The number of thiophene rings is 1. The molecule has 1 aromatic carbocycles. The lowest BCUT2D eigenvalue weighted by molar-refractivity contribution is 0.573. The van der Waals surface area contributed by atoms with Crippen molar-refractivity contribution in [3.8, 4) is 0 Å². The molecule has 0 N–H and O–H groups in total. The minimum atomic E-state index is -1.99. The van der Waals surface area contributed by atoms with Crippen molar-refractivity contribution in [2.75, 3.05) is 12.3 Å². The van der Waals surface area contributed by atoms with Gasteiger partial charge in [-0.3, -0.25) is 0 Å². The maximum Gasteiger partial charge on any atom is 0.0924 e. The van der Waals surface area contributed by atoms with Crippen LogP contribution in [0.1, 0.15) is 30.7 Å². The summed E-state index contributed by atoms with van der Waals surface area (Å²) in [4.78, 5) is 1.33. The highest BCUT2D eigenvalue weighted by molar-refractivity contribution is 7.63. The van der Waals surface area contributed by atoms with Crippen LogP contribution in [0.2, 0.25) is 0 Å². The van der Waals surface area contributed by atoms with Crippen molar-refractivity contribution in [3.05, 3.63) is 34.7 Å². The van der Waals surface area contributed by atoms with Crippen molar-refractivity contribution in [3.63, 3.8) is 0 Å². The summed E-state index contributed by atoms with van der Waals surface area (Å²) in [5.41, 5.74) is 1.33. The second kappa shape index (κ2) is 5.59. The van der Waals surface area contributed by atoms with Gasteiger partial charge in [-0.15, -0.1) is 11.3 Å². The zero-order valence-electron chi connectivity index (χ0n) is 11.4. The van der Waals surface area contributed by atoms with E-state index in [0.717, 1.165) is 24.9 Å². The third-order valence-electron chi connectivity index (χ3n) is 3.58. The number of hydrogen-bond acceptors (Lipinski definition) is 2. The molecule has 2 aromatic rings. The lowest BCUT2D eigenvalue weighted by atomic mass is 10.2. The molecule has 3 heteroatoms. The highest BCUT2D eigenvalue weighted by Gasteiger charge is 2.21. The molecule has 1 atom stereocenters. The van der Waals surface area contributed by atoms with Gasteiger partial charge in [0, 0.05) is 21.9 Å². The number of aryl methyl sites for hydroxylation is 1. The predicted octanol–water partition coefficient (Wildman–Crippen LogP) is 5.50. The van der Waals surface area contributed by atoms with Crippen LogP contribution in [0, 0.1) is 6.92 Å². The summed E-state index contributed by atoms with van der Waals surface area (Å²) in [5, 5.41) is 1.33. The molecule has 0 aliphatic carbocycles. The van der Waals surface area contributed by atoms with Crippen LogP contribution in [0.4, 0.5) is 0 Å². The zero-order valence-corrected chi connectivity index (χ0v) is 13.1. The largest absolute Gasteiger partial charge is 0.323 e. The van der Waals surface area contributed by atoms with E-state index >= 15 is 0 Å². The van der Waals surface area contributed by atoms with E-state index in [1.165, 1.54) is 20.5 Å². The summed E-state index contributed by atoms with van der Waals surface area (Å²) < 4.78 is 14.1. The van der Waals surface area contributed by atoms with E-state index in [-0.39, 0.29) is 0 Å². The van der Waals surface area contributed by atoms with E-state index in [1.807, 2.05) is 11.3 Å². The standard InChI is InChI=1S/C15H21OPS/c1-4-10-17(16,5-2)11-15-12(3)13-8-6-7-9-14(13)18-15/h6-9H,4-5,10-11H2,1-3H3. The number of hydrogen-bond donors (Lipinski definition) is 0. The Morgan fingerprint density at radius 2 is 1.94 bits per heavy atom. The smallest absolute Gasteiger partial charge is 0.0924 e. The van der Waals surface area contributed by atoms with Crippen LogP contribution in [0.5, 0.6) is 0 Å². The molecular weight excluding hydrogens is 259 g/mol. The molecule has 1 heterocycles. The van der Waals surface area contributed by atoms with Crippen LogP contribution >= 0.6 is 18.5 Å². The summed E-state index contributed by atoms with van der Waals surface area (Å²) >= 11 is 1.82. The fourth-order valence-electron chi connectivity index (χ4n) is 2.39. The van der Waals surface area contributed by atoms with Gasteiger partial charge in [0.1, 0.15) is 0 Å². The molecule has 98 valence electrons. The van der Waals surface area contributed by atoms with Gasteiger partial charge in [0.25, 0.3) is 0 Å².